The number of hydrogen-bond donors (Lipinski definition) is 1. The highest BCUT2D eigenvalue weighted by molar-refractivity contribution is 5.99. The molecule has 0 fully saturated rings. The third kappa shape index (κ3) is 4.74. The topological polar surface area (TPSA) is 84.6 Å². The molecule has 0 radical (unpaired) electrons. The second kappa shape index (κ2) is 7.31. The Morgan fingerprint density at radius 2 is 1.74 bits per heavy atom. The molecule has 0 saturated heterocycles. The number of nitrogens with one attached hydrogen (secondary N) is 1. The third-order valence-electron chi connectivity index (χ3n) is 3.33. The minimum atomic E-state index is -0.473. The van der Waals surface area contributed by atoms with Crippen molar-refractivity contribution in [3.63, 3.8) is 0 Å². The monoisotopic (exact) mass is 311 g/mol. The van der Waals surface area contributed by atoms with E-state index in [1.807, 2.05) is 38.1 Å². The van der Waals surface area contributed by atoms with Crippen molar-refractivity contribution in [3.8, 4) is 0 Å². The van der Waals surface area contributed by atoms with Crippen LogP contribution in [0.4, 0.5) is 5.69 Å². The van der Waals surface area contributed by atoms with Crippen LogP contribution < -0.4 is 5.43 Å². The van der Waals surface area contributed by atoms with Gasteiger partial charge in [-0.3, -0.25) is 14.9 Å². The average Bonchev–Trinajstić information content (AvgIpc) is 2.54. The van der Waals surface area contributed by atoms with Crippen molar-refractivity contribution < 1.29 is 9.72 Å². The number of carbonyl (C=O) groups is 1. The molecule has 0 bridgehead atoms. The van der Waals surface area contributed by atoms with E-state index in [9.17, 15) is 14.9 Å². The number of nitrogens with zero attached hydrogens (tertiary/aromatic N) is 2. The lowest BCUT2D eigenvalue weighted by Gasteiger charge is -2.04. The summed E-state index contributed by atoms with van der Waals surface area (Å²) in [6.45, 7) is 3.82. The molecule has 23 heavy (non-hydrogen) atoms. The number of benzene rings is 2. The summed E-state index contributed by atoms with van der Waals surface area (Å²) in [4.78, 5) is 22.0. The maximum atomic E-state index is 11.9. The van der Waals surface area contributed by atoms with Crippen molar-refractivity contribution in [2.24, 2.45) is 5.10 Å². The van der Waals surface area contributed by atoms with Crippen LogP contribution in [0.1, 0.15) is 23.6 Å². The highest BCUT2D eigenvalue weighted by Gasteiger charge is 2.07. The first kappa shape index (κ1) is 16.4. The molecule has 2 rings (SSSR count). The van der Waals surface area contributed by atoms with Gasteiger partial charge in [-0.1, -0.05) is 42.0 Å². The van der Waals surface area contributed by atoms with Crippen LogP contribution in [0.25, 0.3) is 0 Å². The Balaban J connectivity index is 1.95. The van der Waals surface area contributed by atoms with Gasteiger partial charge in [0.1, 0.15) is 0 Å². The molecule has 6 heteroatoms. The number of nitro groups is 1. The number of hydrazone groups is 1. The van der Waals surface area contributed by atoms with Gasteiger partial charge in [0.15, 0.2) is 0 Å². The highest BCUT2D eigenvalue weighted by atomic mass is 16.6. The number of aryl methyl sites for hydroxylation is 1. The zero-order valence-corrected chi connectivity index (χ0v) is 12.9. The van der Waals surface area contributed by atoms with Crippen LogP contribution in [-0.2, 0) is 11.2 Å². The zero-order valence-electron chi connectivity index (χ0n) is 12.9. The Hall–Kier alpha value is -3.02. The van der Waals surface area contributed by atoms with Crippen molar-refractivity contribution >= 4 is 17.3 Å². The van der Waals surface area contributed by atoms with Crippen LogP contribution in [0.3, 0.4) is 0 Å². The van der Waals surface area contributed by atoms with Crippen LogP contribution >= 0.6 is 0 Å². The Kier molecular flexibility index (Phi) is 5.19. The zero-order chi connectivity index (χ0) is 16.8. The summed E-state index contributed by atoms with van der Waals surface area (Å²) < 4.78 is 0. The fraction of sp³-hybridized carbons (Fsp3) is 0.176. The Labute approximate surface area is 134 Å². The van der Waals surface area contributed by atoms with E-state index in [4.69, 9.17) is 0 Å². The number of nitro benzene ring substituents is 1. The predicted octanol–water partition coefficient (Wildman–Crippen LogP) is 2.99. The second-order valence-corrected chi connectivity index (χ2v) is 5.20. The van der Waals surface area contributed by atoms with Crippen molar-refractivity contribution in [1.29, 1.82) is 0 Å². The number of amides is 1. The first-order valence-corrected chi connectivity index (χ1v) is 7.09. The molecule has 2 aromatic carbocycles. The molecular formula is C17H17N3O3. The molecule has 0 atom stereocenters. The average molecular weight is 311 g/mol. The summed E-state index contributed by atoms with van der Waals surface area (Å²) in [5, 5.41) is 14.7. The molecule has 0 saturated carbocycles. The van der Waals surface area contributed by atoms with Gasteiger partial charge in [0.05, 0.1) is 17.1 Å². The van der Waals surface area contributed by atoms with Gasteiger partial charge in [0.25, 0.3) is 5.69 Å². The molecule has 6 nitrogen and oxygen atoms in total. The van der Waals surface area contributed by atoms with Gasteiger partial charge in [0, 0.05) is 12.1 Å². The van der Waals surface area contributed by atoms with E-state index in [1.54, 1.807) is 12.1 Å². The van der Waals surface area contributed by atoms with Crippen molar-refractivity contribution in [3.05, 3.63) is 75.3 Å². The summed E-state index contributed by atoms with van der Waals surface area (Å²) in [5.41, 5.74) is 5.99. The number of non-ortho nitro benzene ring substituents is 1. The number of carbonyl (C=O) groups excluding carboxylic acids is 1. The van der Waals surface area contributed by atoms with Crippen LogP contribution in [0.15, 0.2) is 53.6 Å². The molecule has 1 N–H and O–H groups in total. The quantitative estimate of drug-likeness (QED) is 0.523. The van der Waals surface area contributed by atoms with E-state index >= 15 is 0 Å². The van der Waals surface area contributed by atoms with Gasteiger partial charge in [-0.2, -0.15) is 5.10 Å². The first-order chi connectivity index (χ1) is 11.0. The standard InChI is InChI=1S/C17H17N3O3/c1-12-3-7-15(8-4-12)13(2)18-19-17(21)11-14-5-9-16(10-6-14)20(22)23/h3-10H,11H2,1-2H3,(H,19,21)/b18-13-. The lowest BCUT2D eigenvalue weighted by Crippen LogP contribution is -2.21. The van der Waals surface area contributed by atoms with E-state index < -0.39 is 4.92 Å². The van der Waals surface area contributed by atoms with Gasteiger partial charge in [-0.05, 0) is 25.0 Å². The summed E-state index contributed by atoms with van der Waals surface area (Å²) in [6.07, 6.45) is 0.114. The number of hydrogen-bond acceptors (Lipinski definition) is 4. The molecule has 0 aliphatic heterocycles. The number of rotatable bonds is 5. The molecule has 0 aliphatic rings. The largest absolute Gasteiger partial charge is 0.273 e. The molecule has 1 amide bonds. The molecule has 0 heterocycles. The van der Waals surface area contributed by atoms with E-state index in [0.29, 0.717) is 11.3 Å². The fourth-order valence-corrected chi connectivity index (χ4v) is 1.97. The maximum Gasteiger partial charge on any atom is 0.269 e. The molecule has 0 unspecified atom stereocenters. The summed E-state index contributed by atoms with van der Waals surface area (Å²) in [7, 11) is 0. The Morgan fingerprint density at radius 1 is 1.13 bits per heavy atom. The van der Waals surface area contributed by atoms with Crippen LogP contribution in [-0.4, -0.2) is 16.5 Å². The Morgan fingerprint density at radius 3 is 2.30 bits per heavy atom. The van der Waals surface area contributed by atoms with E-state index in [-0.39, 0.29) is 18.0 Å². The lowest BCUT2D eigenvalue weighted by molar-refractivity contribution is -0.384. The summed E-state index contributed by atoms with van der Waals surface area (Å²) >= 11 is 0. The predicted molar refractivity (Wildman–Crippen MR) is 88.3 cm³/mol. The second-order valence-electron chi connectivity index (χ2n) is 5.20. The van der Waals surface area contributed by atoms with Gasteiger partial charge in [-0.25, -0.2) is 5.43 Å². The molecule has 0 spiro atoms. The molecular weight excluding hydrogens is 294 g/mol. The minimum Gasteiger partial charge on any atom is -0.273 e. The summed E-state index contributed by atoms with van der Waals surface area (Å²) in [5.74, 6) is -0.273. The van der Waals surface area contributed by atoms with E-state index in [2.05, 4.69) is 10.5 Å². The third-order valence-corrected chi connectivity index (χ3v) is 3.33. The van der Waals surface area contributed by atoms with Crippen LogP contribution in [0.2, 0.25) is 0 Å². The fourth-order valence-electron chi connectivity index (χ4n) is 1.97. The molecule has 118 valence electrons. The van der Waals surface area contributed by atoms with Gasteiger partial charge >= 0.3 is 0 Å². The maximum absolute atomic E-state index is 11.9. The SMILES string of the molecule is C/C(=N/NC(=O)Cc1ccc([N+](=O)[O-])cc1)c1ccc(C)cc1. The lowest BCUT2D eigenvalue weighted by atomic mass is 10.1. The van der Waals surface area contributed by atoms with Crippen LogP contribution in [0.5, 0.6) is 0 Å². The molecule has 0 aromatic heterocycles. The van der Waals surface area contributed by atoms with Crippen LogP contribution in [0, 0.1) is 17.0 Å². The smallest absolute Gasteiger partial charge is 0.269 e. The van der Waals surface area contributed by atoms with E-state index in [0.717, 1.165) is 11.1 Å². The van der Waals surface area contributed by atoms with Crippen molar-refractivity contribution in [2.75, 3.05) is 0 Å². The Bertz CT molecular complexity index is 735. The molecule has 2 aromatic rings. The van der Waals surface area contributed by atoms with Gasteiger partial charge in [0.2, 0.25) is 5.91 Å². The highest BCUT2D eigenvalue weighted by Crippen LogP contribution is 2.12. The van der Waals surface area contributed by atoms with E-state index in [1.165, 1.54) is 12.1 Å². The molecule has 0 aliphatic carbocycles. The van der Waals surface area contributed by atoms with Crippen molar-refractivity contribution in [2.45, 2.75) is 20.3 Å². The summed E-state index contributed by atoms with van der Waals surface area (Å²) in [6, 6.07) is 13.7. The van der Waals surface area contributed by atoms with Crippen molar-refractivity contribution in [1.82, 2.24) is 5.43 Å². The van der Waals surface area contributed by atoms with Gasteiger partial charge < -0.3 is 0 Å². The first-order valence-electron chi connectivity index (χ1n) is 7.09. The van der Waals surface area contributed by atoms with Gasteiger partial charge in [-0.15, -0.1) is 0 Å². The normalized spacial score (nSPS) is 11.1. The minimum absolute atomic E-state index is 0.00222.